The third-order valence-electron chi connectivity index (χ3n) is 5.36. The van der Waals surface area contributed by atoms with Crippen LogP contribution in [0.4, 0.5) is 18.9 Å². The molecule has 0 spiro atoms. The third kappa shape index (κ3) is 3.56. The molecule has 162 valence electrons. The minimum absolute atomic E-state index is 0.0672. The number of alkyl halides is 3. The Morgan fingerprint density at radius 3 is 2.34 bits per heavy atom. The molecule has 0 bridgehead atoms. The number of nitrogens with zero attached hydrogens (tertiary/aromatic N) is 1. The number of allylic oxidation sites excluding steroid dienone is 1. The number of rotatable bonds is 3. The van der Waals surface area contributed by atoms with E-state index in [0.29, 0.717) is 5.69 Å². The number of fused-ring (bicyclic) bond motifs is 1. The van der Waals surface area contributed by atoms with Gasteiger partial charge in [0.1, 0.15) is 0 Å². The molecule has 1 aliphatic heterocycles. The number of benzene rings is 3. The Bertz CT molecular complexity index is 1300. The molecular weight excluding hydrogens is 419 g/mol. The average Bonchev–Trinajstić information content (AvgIpc) is 3.02. The first-order valence-electron chi connectivity index (χ1n) is 9.73. The maximum atomic E-state index is 13.5. The highest BCUT2D eigenvalue weighted by molar-refractivity contribution is 6.25. The van der Waals surface area contributed by atoms with Crippen LogP contribution in [0.1, 0.15) is 18.1 Å². The molecule has 3 aromatic rings. The van der Waals surface area contributed by atoms with Crippen LogP contribution in [0.25, 0.3) is 16.8 Å². The quantitative estimate of drug-likeness (QED) is 0.388. The molecule has 4 nitrogen and oxygen atoms in total. The standard InChI is InChI=1S/C25H18F3NO3/c1-15-22(24(31)32-2)19(14-17-9-4-6-12-20(17)25(26,27)28)23(30)29(15)21-13-7-10-16-8-3-5-11-18(16)21/h3-14H,1-2H3. The molecule has 0 saturated heterocycles. The van der Waals surface area contributed by atoms with Gasteiger partial charge < -0.3 is 4.74 Å². The molecule has 1 heterocycles. The molecule has 0 aromatic heterocycles. The summed E-state index contributed by atoms with van der Waals surface area (Å²) in [4.78, 5) is 27.4. The third-order valence-corrected chi connectivity index (χ3v) is 5.36. The molecule has 32 heavy (non-hydrogen) atoms. The van der Waals surface area contributed by atoms with E-state index in [4.69, 9.17) is 4.74 Å². The van der Waals surface area contributed by atoms with Crippen molar-refractivity contribution in [2.75, 3.05) is 12.0 Å². The van der Waals surface area contributed by atoms with E-state index in [2.05, 4.69) is 0 Å². The second-order valence-electron chi connectivity index (χ2n) is 7.23. The maximum Gasteiger partial charge on any atom is 0.416 e. The van der Waals surface area contributed by atoms with Gasteiger partial charge in [-0.2, -0.15) is 13.2 Å². The van der Waals surface area contributed by atoms with Crippen molar-refractivity contribution in [2.45, 2.75) is 13.1 Å². The predicted molar refractivity (Wildman–Crippen MR) is 116 cm³/mol. The Hall–Kier alpha value is -3.87. The van der Waals surface area contributed by atoms with E-state index >= 15 is 0 Å². The van der Waals surface area contributed by atoms with Crippen molar-refractivity contribution in [2.24, 2.45) is 0 Å². The lowest BCUT2D eigenvalue weighted by atomic mass is 10.00. The van der Waals surface area contributed by atoms with E-state index in [1.54, 1.807) is 19.1 Å². The average molecular weight is 437 g/mol. The van der Waals surface area contributed by atoms with E-state index < -0.39 is 23.6 Å². The van der Waals surface area contributed by atoms with Gasteiger partial charge in [-0.25, -0.2) is 4.79 Å². The van der Waals surface area contributed by atoms with E-state index in [9.17, 15) is 22.8 Å². The number of anilines is 1. The van der Waals surface area contributed by atoms with Gasteiger partial charge in [0, 0.05) is 11.1 Å². The van der Waals surface area contributed by atoms with Gasteiger partial charge in [0.25, 0.3) is 5.91 Å². The minimum Gasteiger partial charge on any atom is -0.465 e. The molecular formula is C25H18F3NO3. The van der Waals surface area contributed by atoms with Gasteiger partial charge in [0.05, 0.1) is 29.5 Å². The lowest BCUT2D eigenvalue weighted by molar-refractivity contribution is -0.138. The maximum absolute atomic E-state index is 13.5. The van der Waals surface area contributed by atoms with Gasteiger partial charge in [0.15, 0.2) is 0 Å². The first-order chi connectivity index (χ1) is 15.2. The lowest BCUT2D eigenvalue weighted by Crippen LogP contribution is -2.24. The first-order valence-corrected chi connectivity index (χ1v) is 9.73. The van der Waals surface area contributed by atoms with Gasteiger partial charge in [0.2, 0.25) is 0 Å². The van der Waals surface area contributed by atoms with Crippen LogP contribution in [0.2, 0.25) is 0 Å². The van der Waals surface area contributed by atoms with Gasteiger partial charge in [-0.3, -0.25) is 9.69 Å². The largest absolute Gasteiger partial charge is 0.465 e. The SMILES string of the molecule is COC(=O)C1=C(C)N(c2cccc3ccccc23)C(=O)C1=Cc1ccccc1C(F)(F)F. The minimum atomic E-state index is -4.62. The Labute approximate surface area is 182 Å². The van der Waals surface area contributed by atoms with Crippen LogP contribution in [-0.4, -0.2) is 19.0 Å². The molecule has 0 atom stereocenters. The molecule has 0 saturated carbocycles. The highest BCUT2D eigenvalue weighted by atomic mass is 19.4. The topological polar surface area (TPSA) is 46.6 Å². The molecule has 0 aliphatic carbocycles. The molecule has 7 heteroatoms. The summed E-state index contributed by atoms with van der Waals surface area (Å²) in [7, 11) is 1.16. The van der Waals surface area contributed by atoms with Crippen LogP contribution in [0.5, 0.6) is 0 Å². The van der Waals surface area contributed by atoms with Crippen LogP contribution < -0.4 is 4.90 Å². The summed E-state index contributed by atoms with van der Waals surface area (Å²) in [5, 5.41) is 1.65. The number of hydrogen-bond donors (Lipinski definition) is 0. The van der Waals surface area contributed by atoms with Gasteiger partial charge in [-0.1, -0.05) is 54.6 Å². The van der Waals surface area contributed by atoms with Crippen LogP contribution >= 0.6 is 0 Å². The molecule has 0 fully saturated rings. The van der Waals surface area contributed by atoms with E-state index in [0.717, 1.165) is 30.0 Å². The van der Waals surface area contributed by atoms with Crippen molar-refractivity contribution in [3.05, 3.63) is 94.7 Å². The van der Waals surface area contributed by atoms with Crippen LogP contribution in [-0.2, 0) is 20.5 Å². The molecule has 0 N–H and O–H groups in total. The van der Waals surface area contributed by atoms with Gasteiger partial charge >= 0.3 is 12.1 Å². The summed E-state index contributed by atoms with van der Waals surface area (Å²) in [6.45, 7) is 1.57. The fourth-order valence-corrected chi connectivity index (χ4v) is 3.91. The predicted octanol–water partition coefficient (Wildman–Crippen LogP) is 5.74. The second kappa shape index (κ2) is 8.00. The molecule has 1 aliphatic rings. The lowest BCUT2D eigenvalue weighted by Gasteiger charge is -2.20. The first kappa shape index (κ1) is 21.4. The van der Waals surface area contributed by atoms with E-state index in [1.807, 2.05) is 30.3 Å². The van der Waals surface area contributed by atoms with E-state index in [-0.39, 0.29) is 22.4 Å². The van der Waals surface area contributed by atoms with Crippen LogP contribution in [0.3, 0.4) is 0 Å². The van der Waals surface area contributed by atoms with Crippen molar-refractivity contribution < 1.29 is 27.5 Å². The van der Waals surface area contributed by atoms with Crippen molar-refractivity contribution >= 4 is 34.4 Å². The monoisotopic (exact) mass is 437 g/mol. The van der Waals surface area contributed by atoms with Crippen molar-refractivity contribution in [1.29, 1.82) is 0 Å². The zero-order chi connectivity index (χ0) is 23.0. The zero-order valence-electron chi connectivity index (χ0n) is 17.2. The van der Waals surface area contributed by atoms with Crippen molar-refractivity contribution in [1.82, 2.24) is 0 Å². The van der Waals surface area contributed by atoms with Gasteiger partial charge in [-0.05, 0) is 36.1 Å². The molecule has 0 radical (unpaired) electrons. The molecule has 4 rings (SSSR count). The summed E-state index contributed by atoms with van der Waals surface area (Å²) in [6.07, 6.45) is -3.51. The smallest absolute Gasteiger partial charge is 0.416 e. The summed E-state index contributed by atoms with van der Waals surface area (Å²) in [6, 6.07) is 17.7. The summed E-state index contributed by atoms with van der Waals surface area (Å²) < 4.78 is 45.4. The molecule has 1 amide bonds. The number of carbonyl (C=O) groups is 2. The Morgan fingerprint density at radius 1 is 0.969 bits per heavy atom. The fourth-order valence-electron chi connectivity index (χ4n) is 3.91. The Balaban J connectivity index is 1.94. The van der Waals surface area contributed by atoms with E-state index in [1.165, 1.54) is 23.1 Å². The summed E-state index contributed by atoms with van der Waals surface area (Å²) in [5.41, 5.74) is -0.516. The highest BCUT2D eigenvalue weighted by Crippen LogP contribution is 2.40. The highest BCUT2D eigenvalue weighted by Gasteiger charge is 2.39. The van der Waals surface area contributed by atoms with Gasteiger partial charge in [-0.15, -0.1) is 0 Å². The summed E-state index contributed by atoms with van der Waals surface area (Å²) >= 11 is 0. The number of halogens is 3. The van der Waals surface area contributed by atoms with Crippen molar-refractivity contribution in [3.8, 4) is 0 Å². The summed E-state index contributed by atoms with van der Waals surface area (Å²) in [5.74, 6) is -1.40. The Kier molecular flexibility index (Phi) is 5.34. The number of carbonyl (C=O) groups excluding carboxylic acids is 2. The number of ether oxygens (including phenoxy) is 1. The van der Waals surface area contributed by atoms with Crippen LogP contribution in [0, 0.1) is 0 Å². The fraction of sp³-hybridized carbons (Fsp3) is 0.120. The van der Waals surface area contributed by atoms with Crippen LogP contribution in [0.15, 0.2) is 83.6 Å². The molecule has 3 aromatic carbocycles. The number of esters is 1. The normalized spacial score (nSPS) is 15.7. The second-order valence-corrected chi connectivity index (χ2v) is 7.23. The number of amides is 1. The Morgan fingerprint density at radius 2 is 1.62 bits per heavy atom. The molecule has 0 unspecified atom stereocenters. The number of methoxy groups -OCH3 is 1. The number of hydrogen-bond acceptors (Lipinski definition) is 3. The van der Waals surface area contributed by atoms with Crippen molar-refractivity contribution in [3.63, 3.8) is 0 Å². The zero-order valence-corrected chi connectivity index (χ0v) is 17.2.